The number of fused-ring (bicyclic) bond motifs is 6. The Morgan fingerprint density at radius 1 is 0.632 bits per heavy atom. The van der Waals surface area contributed by atoms with Crippen LogP contribution in [0.3, 0.4) is 0 Å². The molecular formula is C32H30O6. The summed E-state index contributed by atoms with van der Waals surface area (Å²) >= 11 is 0. The molecule has 0 fully saturated rings. The molecule has 0 bridgehead atoms. The van der Waals surface area contributed by atoms with Crippen LogP contribution in [0.4, 0.5) is 0 Å². The van der Waals surface area contributed by atoms with E-state index in [0.29, 0.717) is 45.9 Å². The van der Waals surface area contributed by atoms with Gasteiger partial charge in [-0.25, -0.2) is 0 Å². The number of rotatable bonds is 0. The van der Waals surface area contributed by atoms with Gasteiger partial charge in [0.1, 0.15) is 11.5 Å². The lowest BCUT2D eigenvalue weighted by atomic mass is 9.77. The summed E-state index contributed by atoms with van der Waals surface area (Å²) in [4.78, 5) is 27.7. The molecular weight excluding hydrogens is 480 g/mol. The van der Waals surface area contributed by atoms with Crippen molar-refractivity contribution in [2.24, 2.45) is 0 Å². The first-order valence-electron chi connectivity index (χ1n) is 13.4. The number of phenolic OH excluding ortho intramolecular Hbond substituents is 2. The number of ether oxygens (including phenoxy) is 2. The third-order valence-corrected chi connectivity index (χ3v) is 8.88. The molecule has 0 amide bonds. The Hall–Kier alpha value is -3.48. The second-order valence-electron chi connectivity index (χ2n) is 11.5. The Balaban J connectivity index is 1.94. The normalized spacial score (nSPS) is 23.5. The van der Waals surface area contributed by atoms with Crippen molar-refractivity contribution in [3.63, 3.8) is 0 Å². The lowest BCUT2D eigenvalue weighted by Gasteiger charge is -2.34. The molecule has 2 aliphatic heterocycles. The van der Waals surface area contributed by atoms with Crippen molar-refractivity contribution in [2.75, 3.05) is 0 Å². The molecule has 2 heterocycles. The van der Waals surface area contributed by atoms with Gasteiger partial charge in [0.2, 0.25) is 0 Å². The highest BCUT2D eigenvalue weighted by molar-refractivity contribution is 6.36. The zero-order chi connectivity index (χ0) is 26.9. The van der Waals surface area contributed by atoms with Crippen LogP contribution < -0.4 is 10.9 Å². The molecule has 194 valence electrons. The fourth-order valence-corrected chi connectivity index (χ4v) is 7.47. The standard InChI is InChI=1S/C32H30O6/c1-11-7-17-18-8-12(2)30(34)28-24(18)26(20-10-14(4)38-16(6)22(20)32(28)36)25-19-9-13(3)37-15(5)21(19)31(35)27(23(17)25)29(11)33/h7-8,13-16,33,36H,9-10H2,1-6H3/t13-,14+,15+,16-/m0/s1. The summed E-state index contributed by atoms with van der Waals surface area (Å²) in [6.07, 6.45) is 0.0570. The quantitative estimate of drug-likeness (QED) is 0.197. The Labute approximate surface area is 219 Å². The summed E-state index contributed by atoms with van der Waals surface area (Å²) in [6, 6.07) is 3.78. The number of aromatic hydroxyl groups is 2. The van der Waals surface area contributed by atoms with E-state index in [1.54, 1.807) is 13.8 Å². The maximum absolute atomic E-state index is 14.1. The van der Waals surface area contributed by atoms with Crippen molar-refractivity contribution >= 4 is 43.1 Å². The highest BCUT2D eigenvalue weighted by Crippen LogP contribution is 2.52. The maximum atomic E-state index is 14.1. The van der Waals surface area contributed by atoms with Crippen molar-refractivity contribution in [3.8, 4) is 11.5 Å². The van der Waals surface area contributed by atoms with E-state index in [9.17, 15) is 19.8 Å². The molecule has 5 aromatic carbocycles. The summed E-state index contributed by atoms with van der Waals surface area (Å²) in [6.45, 7) is 11.4. The molecule has 2 aliphatic rings. The van der Waals surface area contributed by atoms with Crippen LogP contribution in [0.2, 0.25) is 0 Å². The number of hydrogen-bond donors (Lipinski definition) is 2. The van der Waals surface area contributed by atoms with Crippen LogP contribution in [-0.4, -0.2) is 22.4 Å². The molecule has 5 aromatic rings. The summed E-state index contributed by atoms with van der Waals surface area (Å²) in [7, 11) is 0. The van der Waals surface area contributed by atoms with Gasteiger partial charge in [-0.2, -0.15) is 0 Å². The van der Waals surface area contributed by atoms with Crippen molar-refractivity contribution in [1.82, 2.24) is 0 Å². The second kappa shape index (κ2) is 7.55. The molecule has 0 unspecified atom stereocenters. The van der Waals surface area contributed by atoms with Gasteiger partial charge in [-0.05, 0) is 110 Å². The Morgan fingerprint density at radius 2 is 1.11 bits per heavy atom. The SMILES string of the molecule is Cc1cc2c3cc(C)c(=O)c4c(O)c5c(c(c6c7c(c(=O)c(c1O)c26)[C@@H](C)O[C@@H](C)C7)c43)C[C@@H](C)O[C@H]5C. The third-order valence-electron chi connectivity index (χ3n) is 8.88. The van der Waals surface area contributed by atoms with Gasteiger partial charge in [-0.1, -0.05) is 0 Å². The summed E-state index contributed by atoms with van der Waals surface area (Å²) < 4.78 is 12.2. The average molecular weight is 511 g/mol. The smallest absolute Gasteiger partial charge is 0.196 e. The van der Waals surface area contributed by atoms with Gasteiger partial charge >= 0.3 is 0 Å². The molecule has 2 N–H and O–H groups in total. The second-order valence-corrected chi connectivity index (χ2v) is 11.5. The minimum Gasteiger partial charge on any atom is -0.507 e. The minimum absolute atomic E-state index is 0.0114. The number of phenols is 2. The molecule has 0 aromatic heterocycles. The molecule has 0 spiro atoms. The summed E-state index contributed by atoms with van der Waals surface area (Å²) in [5.74, 6) is -0.0270. The molecule has 0 saturated heterocycles. The molecule has 6 nitrogen and oxygen atoms in total. The van der Waals surface area contributed by atoms with E-state index >= 15 is 0 Å². The average Bonchev–Trinajstić information content (AvgIpc) is 2.83. The minimum atomic E-state index is -0.440. The van der Waals surface area contributed by atoms with Gasteiger partial charge in [0.05, 0.1) is 35.2 Å². The van der Waals surface area contributed by atoms with Crippen LogP contribution in [0.15, 0.2) is 21.7 Å². The van der Waals surface area contributed by atoms with Crippen LogP contribution in [-0.2, 0) is 22.3 Å². The number of aryl methyl sites for hydroxylation is 2. The highest BCUT2D eigenvalue weighted by atomic mass is 16.5. The maximum Gasteiger partial charge on any atom is 0.196 e. The zero-order valence-electron chi connectivity index (χ0n) is 22.4. The Kier molecular flexibility index (Phi) is 4.69. The summed E-state index contributed by atoms with van der Waals surface area (Å²) in [5.41, 5.74) is 3.78. The van der Waals surface area contributed by atoms with Gasteiger partial charge in [0.25, 0.3) is 0 Å². The van der Waals surface area contributed by atoms with E-state index in [1.165, 1.54) is 0 Å². The number of benzene rings is 5. The molecule has 0 radical (unpaired) electrons. The van der Waals surface area contributed by atoms with E-state index < -0.39 is 12.2 Å². The van der Waals surface area contributed by atoms with Crippen LogP contribution in [0.1, 0.15) is 73.3 Å². The largest absolute Gasteiger partial charge is 0.507 e. The fourth-order valence-electron chi connectivity index (χ4n) is 7.47. The van der Waals surface area contributed by atoms with Gasteiger partial charge < -0.3 is 19.7 Å². The van der Waals surface area contributed by atoms with Gasteiger partial charge in [-0.3, -0.25) is 9.59 Å². The highest BCUT2D eigenvalue weighted by Gasteiger charge is 2.36. The van der Waals surface area contributed by atoms with Crippen molar-refractivity contribution in [3.05, 3.63) is 66.0 Å². The molecule has 7 rings (SSSR count). The van der Waals surface area contributed by atoms with E-state index in [0.717, 1.165) is 43.4 Å². The lowest BCUT2D eigenvalue weighted by Crippen LogP contribution is -2.29. The van der Waals surface area contributed by atoms with E-state index in [2.05, 4.69) is 0 Å². The van der Waals surface area contributed by atoms with E-state index in [4.69, 9.17) is 9.47 Å². The van der Waals surface area contributed by atoms with Crippen molar-refractivity contribution < 1.29 is 19.7 Å². The van der Waals surface area contributed by atoms with Crippen LogP contribution in [0.25, 0.3) is 43.1 Å². The predicted molar refractivity (Wildman–Crippen MR) is 150 cm³/mol. The number of hydrogen-bond acceptors (Lipinski definition) is 6. The molecule has 4 atom stereocenters. The van der Waals surface area contributed by atoms with Crippen LogP contribution in [0, 0.1) is 13.8 Å². The molecule has 0 saturated carbocycles. The van der Waals surface area contributed by atoms with E-state index in [1.807, 2.05) is 39.8 Å². The summed E-state index contributed by atoms with van der Waals surface area (Å²) in [5, 5.41) is 28.4. The monoisotopic (exact) mass is 510 g/mol. The zero-order valence-corrected chi connectivity index (χ0v) is 22.4. The Morgan fingerprint density at radius 3 is 1.68 bits per heavy atom. The third kappa shape index (κ3) is 2.74. The first-order chi connectivity index (χ1) is 18.0. The van der Waals surface area contributed by atoms with Gasteiger partial charge in [0, 0.05) is 21.9 Å². The first kappa shape index (κ1) is 23.6. The molecule has 6 heteroatoms. The lowest BCUT2D eigenvalue weighted by molar-refractivity contribution is -0.00574. The van der Waals surface area contributed by atoms with Crippen molar-refractivity contribution in [1.29, 1.82) is 0 Å². The Bertz CT molecular complexity index is 1950. The van der Waals surface area contributed by atoms with Gasteiger partial charge in [-0.15, -0.1) is 0 Å². The first-order valence-corrected chi connectivity index (χ1v) is 13.4. The topological polar surface area (TPSA) is 93.1 Å². The van der Waals surface area contributed by atoms with E-state index in [-0.39, 0.29) is 34.6 Å². The fraction of sp³-hybridized carbons (Fsp3) is 0.375. The molecule has 38 heavy (non-hydrogen) atoms. The van der Waals surface area contributed by atoms with Crippen LogP contribution >= 0.6 is 0 Å². The molecule has 0 aliphatic carbocycles. The predicted octanol–water partition coefficient (Wildman–Crippen LogP) is 5.97. The van der Waals surface area contributed by atoms with Crippen molar-refractivity contribution in [2.45, 2.75) is 78.8 Å². The van der Waals surface area contributed by atoms with Crippen LogP contribution in [0.5, 0.6) is 11.5 Å². The van der Waals surface area contributed by atoms with Gasteiger partial charge in [0.15, 0.2) is 10.9 Å².